The fourth-order valence-electron chi connectivity index (χ4n) is 5.92. The minimum Gasteiger partial charge on any atom is -0.490 e. The average molecular weight is 536 g/mol. The van der Waals surface area contributed by atoms with E-state index in [9.17, 15) is 30.2 Å². The first-order chi connectivity index (χ1) is 16.3. The maximum absolute atomic E-state index is 15.3. The molecule has 35 heavy (non-hydrogen) atoms. The highest BCUT2D eigenvalue weighted by Crippen LogP contribution is 2.59. The van der Waals surface area contributed by atoms with Crippen LogP contribution >= 0.6 is 0 Å². The van der Waals surface area contributed by atoms with E-state index in [1.165, 1.54) is 0 Å². The largest absolute Gasteiger partial charge is 0.490 e. The van der Waals surface area contributed by atoms with Crippen molar-refractivity contribution in [3.63, 3.8) is 0 Å². The Hall–Kier alpha value is -2.18. The van der Waals surface area contributed by atoms with Gasteiger partial charge in [-0.25, -0.2) is 21.9 Å². The molecule has 1 N–H and O–H groups in total. The molecule has 2 fully saturated rings. The van der Waals surface area contributed by atoms with Gasteiger partial charge in [-0.05, 0) is 67.4 Å². The molecule has 0 bridgehead atoms. The molecule has 5 atom stereocenters. The van der Waals surface area contributed by atoms with Gasteiger partial charge in [-0.1, -0.05) is 0 Å². The molecule has 5 nitrogen and oxygen atoms in total. The van der Waals surface area contributed by atoms with Crippen molar-refractivity contribution in [3.05, 3.63) is 59.2 Å². The molecule has 0 spiro atoms. The molecule has 1 saturated heterocycles. The van der Waals surface area contributed by atoms with Crippen LogP contribution in [0.3, 0.4) is 0 Å². The highest BCUT2D eigenvalue weighted by atomic mass is 32.2. The third kappa shape index (κ3) is 3.67. The minimum atomic E-state index is -4.67. The highest BCUT2D eigenvalue weighted by molar-refractivity contribution is 7.98. The predicted octanol–water partition coefficient (Wildman–Crippen LogP) is 4.06. The van der Waals surface area contributed by atoms with E-state index in [1.54, 1.807) is 0 Å². The summed E-state index contributed by atoms with van der Waals surface area (Å²) in [5, 5.41) is 0. The van der Waals surface area contributed by atoms with Gasteiger partial charge >= 0.3 is 6.18 Å². The lowest BCUT2D eigenvalue weighted by Gasteiger charge is -2.54. The van der Waals surface area contributed by atoms with Crippen LogP contribution in [0.25, 0.3) is 0 Å². The third-order valence-electron chi connectivity index (χ3n) is 7.47. The molecular formula is C23H22F5NO4S2. The van der Waals surface area contributed by atoms with Crippen molar-refractivity contribution in [3.8, 4) is 5.75 Å². The second-order valence-electron chi connectivity index (χ2n) is 9.30. The fraction of sp³-hybridized carbons (Fsp3) is 0.435. The zero-order valence-corrected chi connectivity index (χ0v) is 19.9. The van der Waals surface area contributed by atoms with Crippen molar-refractivity contribution in [2.45, 2.75) is 41.1 Å². The van der Waals surface area contributed by atoms with Gasteiger partial charge in [0.2, 0.25) is 0 Å². The Labute approximate surface area is 199 Å². The Kier molecular flexibility index (Phi) is 5.54. The Morgan fingerprint density at radius 1 is 1.06 bits per heavy atom. The molecule has 1 unspecified atom stereocenters. The normalized spacial score (nSPS) is 32.7. The van der Waals surface area contributed by atoms with Crippen molar-refractivity contribution in [1.82, 2.24) is 4.72 Å². The molecule has 3 aliphatic rings. The second kappa shape index (κ2) is 7.91. The summed E-state index contributed by atoms with van der Waals surface area (Å²) in [7, 11) is -7.12. The van der Waals surface area contributed by atoms with Gasteiger partial charge in [0.25, 0.3) is 0 Å². The van der Waals surface area contributed by atoms with Crippen LogP contribution in [0.15, 0.2) is 41.3 Å². The third-order valence-corrected chi connectivity index (χ3v) is 11.7. The van der Waals surface area contributed by atoms with Gasteiger partial charge in [-0.15, -0.1) is 0 Å². The van der Waals surface area contributed by atoms with Crippen LogP contribution in [-0.4, -0.2) is 36.9 Å². The van der Waals surface area contributed by atoms with Gasteiger partial charge in [0, 0.05) is 27.4 Å². The first-order valence-electron chi connectivity index (χ1n) is 10.9. The van der Waals surface area contributed by atoms with Gasteiger partial charge in [-0.3, -0.25) is 4.21 Å². The van der Waals surface area contributed by atoms with E-state index in [4.69, 9.17) is 4.74 Å². The zero-order chi connectivity index (χ0) is 25.4. The Bertz CT molecular complexity index is 1390. The van der Waals surface area contributed by atoms with Crippen molar-refractivity contribution in [2.75, 3.05) is 12.4 Å². The van der Waals surface area contributed by atoms with Crippen molar-refractivity contribution in [2.24, 2.45) is 11.8 Å². The van der Waals surface area contributed by atoms with Gasteiger partial charge in [0.05, 0.1) is 22.6 Å². The number of ether oxygens (including phenoxy) is 1. The lowest BCUT2D eigenvalue weighted by molar-refractivity contribution is -0.137. The molecule has 2 aromatic carbocycles. The summed E-state index contributed by atoms with van der Waals surface area (Å²) in [6.45, 7) is -0.242. The van der Waals surface area contributed by atoms with E-state index in [0.717, 1.165) is 24.3 Å². The number of nitrogens with one attached hydrogen (secondary N) is 1. The number of rotatable bonds is 2. The minimum absolute atomic E-state index is 0.165. The van der Waals surface area contributed by atoms with Crippen LogP contribution in [0.5, 0.6) is 5.75 Å². The van der Waals surface area contributed by atoms with E-state index >= 15 is 4.39 Å². The molecular weight excluding hydrogens is 513 g/mol. The van der Waals surface area contributed by atoms with Crippen LogP contribution in [0.4, 0.5) is 22.0 Å². The molecule has 0 amide bonds. The topological polar surface area (TPSA) is 72.5 Å². The molecule has 5 rings (SSSR count). The molecule has 2 aliphatic heterocycles. The SMILES string of the molecule is C=S1(=O)CC[C@@H]2[C@H](CC[C@@]3(S(=O)(=O)c4ccc(C(F)(F)F)cc4)c4c(F)ccc(F)c4OC[C@@H]23)N1. The van der Waals surface area contributed by atoms with E-state index < -0.39 is 75.7 Å². The smallest absolute Gasteiger partial charge is 0.416 e. The first-order valence-corrected chi connectivity index (χ1v) is 14.3. The second-order valence-corrected chi connectivity index (χ2v) is 13.8. The van der Waals surface area contributed by atoms with E-state index in [2.05, 4.69) is 10.6 Å². The molecule has 2 heterocycles. The van der Waals surface area contributed by atoms with Crippen LogP contribution in [0, 0.1) is 23.5 Å². The van der Waals surface area contributed by atoms with Crippen molar-refractivity contribution in [1.29, 1.82) is 0 Å². The summed E-state index contributed by atoms with van der Waals surface area (Å²) in [6.07, 6.45) is -4.34. The Balaban J connectivity index is 1.72. The van der Waals surface area contributed by atoms with Gasteiger partial charge in [-0.2, -0.15) is 13.2 Å². The molecule has 2 aromatic rings. The first kappa shape index (κ1) is 24.5. The zero-order valence-electron chi connectivity index (χ0n) is 18.3. The predicted molar refractivity (Wildman–Crippen MR) is 120 cm³/mol. The number of fused-ring (bicyclic) bond motifs is 5. The van der Waals surface area contributed by atoms with Crippen LogP contribution < -0.4 is 9.46 Å². The summed E-state index contributed by atoms with van der Waals surface area (Å²) < 4.78 is 117. The molecule has 1 aliphatic carbocycles. The van der Waals surface area contributed by atoms with Gasteiger partial charge in [0.15, 0.2) is 21.4 Å². The summed E-state index contributed by atoms with van der Waals surface area (Å²) >= 11 is 0. The monoisotopic (exact) mass is 535 g/mol. The van der Waals surface area contributed by atoms with E-state index in [0.29, 0.717) is 18.6 Å². The number of alkyl halides is 3. The number of sulfone groups is 1. The average Bonchev–Trinajstić information content (AvgIpc) is 2.79. The lowest BCUT2D eigenvalue weighted by Crippen LogP contribution is -2.62. The Morgan fingerprint density at radius 2 is 1.71 bits per heavy atom. The summed E-state index contributed by atoms with van der Waals surface area (Å²) in [5.74, 6) is 0.190. The summed E-state index contributed by atoms with van der Waals surface area (Å²) in [6, 6.07) is 4.32. The van der Waals surface area contributed by atoms with Gasteiger partial charge in [0.1, 0.15) is 10.6 Å². The summed E-state index contributed by atoms with van der Waals surface area (Å²) in [5.41, 5.74) is -1.46. The quantitative estimate of drug-likeness (QED) is 0.465. The number of hydrogen-bond donors (Lipinski definition) is 1. The maximum Gasteiger partial charge on any atom is 0.416 e. The number of benzene rings is 2. The van der Waals surface area contributed by atoms with E-state index in [-0.39, 0.29) is 31.2 Å². The fourth-order valence-corrected chi connectivity index (χ4v) is 9.93. The van der Waals surface area contributed by atoms with Crippen LogP contribution in [0.2, 0.25) is 0 Å². The van der Waals surface area contributed by atoms with Crippen LogP contribution in [0.1, 0.15) is 30.4 Å². The molecule has 190 valence electrons. The Morgan fingerprint density at radius 3 is 2.37 bits per heavy atom. The maximum atomic E-state index is 15.3. The van der Waals surface area contributed by atoms with Crippen molar-refractivity contribution < 1.29 is 39.3 Å². The number of halogens is 5. The molecule has 0 aromatic heterocycles. The molecule has 0 radical (unpaired) electrons. The highest BCUT2D eigenvalue weighted by Gasteiger charge is 2.63. The van der Waals surface area contributed by atoms with Gasteiger partial charge < -0.3 is 4.74 Å². The van der Waals surface area contributed by atoms with E-state index in [1.807, 2.05) is 0 Å². The molecule has 1 saturated carbocycles. The van der Waals surface area contributed by atoms with Crippen LogP contribution in [-0.2, 0) is 30.5 Å². The molecule has 12 heteroatoms. The summed E-state index contributed by atoms with van der Waals surface area (Å²) in [4.78, 5) is -0.421. The lowest BCUT2D eigenvalue weighted by atomic mass is 9.64. The standard InChI is InChI=1S/C23H22F5NO4S2/c1-34(30)11-9-15-16-12-33-21-18(25)7-6-17(24)20(21)22(16,10-8-19(15)29-34)35(31,32)14-4-2-13(3-5-14)23(26,27)28/h2-7,15-16,19H,1,8-12H2,(H,29,30)/t15-,16-,19-,22-,34?/m0/s1. The number of hydrogen-bond acceptors (Lipinski definition) is 4. The van der Waals surface area contributed by atoms with Crippen molar-refractivity contribution >= 4 is 25.4 Å².